The van der Waals surface area contributed by atoms with Gasteiger partial charge in [0, 0.05) is 6.61 Å². The molecule has 1 atom stereocenters. The summed E-state index contributed by atoms with van der Waals surface area (Å²) in [5, 5.41) is 12.2. The van der Waals surface area contributed by atoms with Gasteiger partial charge >= 0.3 is 5.97 Å². The van der Waals surface area contributed by atoms with Crippen molar-refractivity contribution in [3.8, 4) is 0 Å². The van der Waals surface area contributed by atoms with Crippen LogP contribution in [0.15, 0.2) is 4.52 Å². The SMILES string of the molecule is O=C(O)c1c(Cl)noc1C1CCCCO1. The lowest BCUT2D eigenvalue weighted by Crippen LogP contribution is -2.13. The van der Waals surface area contributed by atoms with Crippen molar-refractivity contribution in [2.75, 3.05) is 6.61 Å². The fourth-order valence-corrected chi connectivity index (χ4v) is 1.85. The molecular weight excluding hydrogens is 222 g/mol. The van der Waals surface area contributed by atoms with Gasteiger partial charge in [-0.05, 0) is 19.3 Å². The molecule has 1 N–H and O–H groups in total. The largest absolute Gasteiger partial charge is 0.477 e. The maximum Gasteiger partial charge on any atom is 0.342 e. The number of hydrogen-bond donors (Lipinski definition) is 1. The van der Waals surface area contributed by atoms with Gasteiger partial charge in [-0.2, -0.15) is 0 Å². The van der Waals surface area contributed by atoms with Gasteiger partial charge in [0.2, 0.25) is 0 Å². The number of carbonyl (C=O) groups is 1. The van der Waals surface area contributed by atoms with Gasteiger partial charge < -0.3 is 14.4 Å². The van der Waals surface area contributed by atoms with Crippen LogP contribution in [0.2, 0.25) is 5.15 Å². The van der Waals surface area contributed by atoms with Crippen LogP contribution in [0, 0.1) is 0 Å². The number of ether oxygens (including phenoxy) is 1. The Labute approximate surface area is 91.0 Å². The Hall–Kier alpha value is -1.07. The first kappa shape index (κ1) is 10.4. The van der Waals surface area contributed by atoms with E-state index in [1.807, 2.05) is 0 Å². The number of carboxylic acid groups (broad SMARTS) is 1. The van der Waals surface area contributed by atoms with E-state index in [1.165, 1.54) is 0 Å². The molecule has 1 unspecified atom stereocenters. The number of aromatic carboxylic acids is 1. The summed E-state index contributed by atoms with van der Waals surface area (Å²) in [6.45, 7) is 0.613. The van der Waals surface area contributed by atoms with Crippen molar-refractivity contribution < 1.29 is 19.2 Å². The van der Waals surface area contributed by atoms with Crippen molar-refractivity contribution in [1.29, 1.82) is 0 Å². The molecule has 1 aliphatic heterocycles. The van der Waals surface area contributed by atoms with Gasteiger partial charge in [-0.25, -0.2) is 4.79 Å². The molecule has 1 saturated heterocycles. The van der Waals surface area contributed by atoms with E-state index in [1.54, 1.807) is 0 Å². The van der Waals surface area contributed by atoms with E-state index in [4.69, 9.17) is 26.0 Å². The Balaban J connectivity index is 2.30. The van der Waals surface area contributed by atoms with Crippen LogP contribution in [0.5, 0.6) is 0 Å². The number of rotatable bonds is 2. The Kier molecular flexibility index (Phi) is 2.93. The molecular formula is C9H10ClNO4. The lowest BCUT2D eigenvalue weighted by Gasteiger charge is -2.20. The fraction of sp³-hybridized carbons (Fsp3) is 0.556. The number of halogens is 1. The molecule has 82 valence electrons. The lowest BCUT2D eigenvalue weighted by molar-refractivity contribution is -0.00237. The van der Waals surface area contributed by atoms with Crippen LogP contribution in [0.1, 0.15) is 41.5 Å². The minimum Gasteiger partial charge on any atom is -0.477 e. The van der Waals surface area contributed by atoms with Gasteiger partial charge in [-0.1, -0.05) is 16.8 Å². The smallest absolute Gasteiger partial charge is 0.342 e. The minimum absolute atomic E-state index is 0.0800. The van der Waals surface area contributed by atoms with Crippen LogP contribution < -0.4 is 0 Å². The zero-order chi connectivity index (χ0) is 10.8. The molecule has 6 heteroatoms. The molecule has 0 aliphatic carbocycles. The zero-order valence-corrected chi connectivity index (χ0v) is 8.66. The van der Waals surface area contributed by atoms with E-state index in [9.17, 15) is 4.79 Å². The van der Waals surface area contributed by atoms with Crippen molar-refractivity contribution >= 4 is 17.6 Å². The maximum atomic E-state index is 10.9. The molecule has 1 fully saturated rings. The number of hydrogen-bond acceptors (Lipinski definition) is 4. The topological polar surface area (TPSA) is 72.6 Å². The Bertz CT molecular complexity index is 370. The molecule has 0 aromatic carbocycles. The number of aromatic nitrogens is 1. The molecule has 0 amide bonds. The molecule has 1 aromatic heterocycles. The second-order valence-corrected chi connectivity index (χ2v) is 3.73. The van der Waals surface area contributed by atoms with E-state index in [0.29, 0.717) is 6.61 Å². The van der Waals surface area contributed by atoms with Gasteiger partial charge in [0.15, 0.2) is 10.9 Å². The van der Waals surface area contributed by atoms with Crippen molar-refractivity contribution in [3.05, 3.63) is 16.5 Å². The first-order valence-electron chi connectivity index (χ1n) is 4.70. The highest BCUT2D eigenvalue weighted by molar-refractivity contribution is 6.32. The molecule has 0 bridgehead atoms. The molecule has 2 heterocycles. The third kappa shape index (κ3) is 1.98. The summed E-state index contributed by atoms with van der Waals surface area (Å²) in [5.41, 5.74) is -0.0800. The summed E-state index contributed by atoms with van der Waals surface area (Å²) in [5.74, 6) is -0.905. The standard InChI is InChI=1S/C9H10ClNO4/c10-8-6(9(12)13)7(15-11-8)5-3-1-2-4-14-5/h5H,1-4H2,(H,12,13). The zero-order valence-electron chi connectivity index (χ0n) is 7.90. The predicted molar refractivity (Wildman–Crippen MR) is 51.0 cm³/mol. The molecule has 1 aliphatic rings. The van der Waals surface area contributed by atoms with Gasteiger partial charge in [0.1, 0.15) is 11.7 Å². The fourth-order valence-electron chi connectivity index (χ4n) is 1.64. The normalized spacial score (nSPS) is 21.5. The number of carboxylic acids is 1. The van der Waals surface area contributed by atoms with Crippen molar-refractivity contribution in [2.24, 2.45) is 0 Å². The summed E-state index contributed by atoms with van der Waals surface area (Å²) in [4.78, 5) is 10.9. The van der Waals surface area contributed by atoms with E-state index in [0.717, 1.165) is 19.3 Å². The van der Waals surface area contributed by atoms with Crippen LogP contribution in [0.25, 0.3) is 0 Å². The molecule has 15 heavy (non-hydrogen) atoms. The minimum atomic E-state index is -1.13. The molecule has 0 saturated carbocycles. The van der Waals surface area contributed by atoms with Gasteiger partial charge in [0.25, 0.3) is 0 Å². The van der Waals surface area contributed by atoms with Crippen molar-refractivity contribution in [2.45, 2.75) is 25.4 Å². The van der Waals surface area contributed by atoms with E-state index in [-0.39, 0.29) is 22.6 Å². The third-order valence-electron chi connectivity index (χ3n) is 2.36. The first-order chi connectivity index (χ1) is 7.20. The van der Waals surface area contributed by atoms with Crippen LogP contribution in [-0.4, -0.2) is 22.8 Å². The van der Waals surface area contributed by atoms with Gasteiger partial charge in [-0.3, -0.25) is 0 Å². The Morgan fingerprint density at radius 3 is 2.93 bits per heavy atom. The van der Waals surface area contributed by atoms with E-state index in [2.05, 4.69) is 5.16 Å². The number of nitrogens with zero attached hydrogens (tertiary/aromatic N) is 1. The highest BCUT2D eigenvalue weighted by Gasteiger charge is 2.29. The Morgan fingerprint density at radius 2 is 2.33 bits per heavy atom. The first-order valence-corrected chi connectivity index (χ1v) is 5.08. The quantitative estimate of drug-likeness (QED) is 0.845. The van der Waals surface area contributed by atoms with Gasteiger partial charge in [-0.15, -0.1) is 0 Å². The lowest BCUT2D eigenvalue weighted by atomic mass is 10.0. The van der Waals surface area contributed by atoms with Crippen LogP contribution in [-0.2, 0) is 4.74 Å². The molecule has 0 radical (unpaired) electrons. The van der Waals surface area contributed by atoms with E-state index >= 15 is 0 Å². The monoisotopic (exact) mass is 231 g/mol. The van der Waals surface area contributed by atoms with E-state index < -0.39 is 5.97 Å². The molecule has 0 spiro atoms. The van der Waals surface area contributed by atoms with Crippen molar-refractivity contribution in [3.63, 3.8) is 0 Å². The predicted octanol–water partition coefficient (Wildman–Crippen LogP) is 2.27. The van der Waals surface area contributed by atoms with Crippen molar-refractivity contribution in [1.82, 2.24) is 5.16 Å². The summed E-state index contributed by atoms with van der Waals surface area (Å²) in [7, 11) is 0. The average Bonchev–Trinajstić information content (AvgIpc) is 2.61. The maximum absolute atomic E-state index is 10.9. The summed E-state index contributed by atoms with van der Waals surface area (Å²) in [6, 6.07) is 0. The van der Waals surface area contributed by atoms with Gasteiger partial charge in [0.05, 0.1) is 0 Å². The highest BCUT2D eigenvalue weighted by Crippen LogP contribution is 2.32. The third-order valence-corrected chi connectivity index (χ3v) is 2.62. The van der Waals surface area contributed by atoms with Crippen LogP contribution in [0.3, 0.4) is 0 Å². The second-order valence-electron chi connectivity index (χ2n) is 3.37. The highest BCUT2D eigenvalue weighted by atomic mass is 35.5. The summed E-state index contributed by atoms with van der Waals surface area (Å²) < 4.78 is 10.3. The second kappa shape index (κ2) is 4.20. The van der Waals surface area contributed by atoms with Crippen LogP contribution >= 0.6 is 11.6 Å². The molecule has 1 aromatic rings. The average molecular weight is 232 g/mol. The molecule has 2 rings (SSSR count). The molecule has 5 nitrogen and oxygen atoms in total. The van der Waals surface area contributed by atoms with Crippen LogP contribution in [0.4, 0.5) is 0 Å². The summed E-state index contributed by atoms with van der Waals surface area (Å²) >= 11 is 5.62. The Morgan fingerprint density at radius 1 is 1.53 bits per heavy atom. The summed E-state index contributed by atoms with van der Waals surface area (Å²) in [6.07, 6.45) is 2.39.